The van der Waals surface area contributed by atoms with Crippen LogP contribution in [0, 0.1) is 5.92 Å². The second-order valence-corrected chi connectivity index (χ2v) is 6.75. The van der Waals surface area contributed by atoms with Crippen LogP contribution >= 0.6 is 11.6 Å². The van der Waals surface area contributed by atoms with E-state index in [9.17, 15) is 0 Å². The van der Waals surface area contributed by atoms with E-state index < -0.39 is 0 Å². The maximum absolute atomic E-state index is 6.43. The molecule has 1 aromatic rings. The van der Waals surface area contributed by atoms with E-state index in [0.717, 1.165) is 42.4 Å². The van der Waals surface area contributed by atoms with Crippen LogP contribution in [0.1, 0.15) is 32.8 Å². The van der Waals surface area contributed by atoms with Crippen LogP contribution in [0.5, 0.6) is 0 Å². The molecule has 0 bridgehead atoms. The number of anilines is 1. The Labute approximate surface area is 133 Å². The first-order valence-electron chi connectivity index (χ1n) is 7.82. The Hall–Kier alpha value is -0.770. The fraction of sp³-hybridized carbons (Fsp3) is 0.647. The molecule has 1 aliphatic rings. The number of likely N-dealkylation sites (N-methyl/N-ethyl adjacent to an activating group) is 1. The van der Waals surface area contributed by atoms with Crippen LogP contribution in [0.15, 0.2) is 18.2 Å². The number of ether oxygens (including phenoxy) is 1. The van der Waals surface area contributed by atoms with Crippen LogP contribution in [0.25, 0.3) is 0 Å². The molecular weight excluding hydrogens is 284 g/mol. The third-order valence-corrected chi connectivity index (χ3v) is 4.50. The molecule has 1 N–H and O–H groups in total. The summed E-state index contributed by atoms with van der Waals surface area (Å²) in [5.41, 5.74) is 2.32. The first-order chi connectivity index (χ1) is 9.99. The molecule has 4 heteroatoms. The van der Waals surface area contributed by atoms with Gasteiger partial charge in [-0.25, -0.2) is 0 Å². The lowest BCUT2D eigenvalue weighted by atomic mass is 10.1. The summed E-state index contributed by atoms with van der Waals surface area (Å²) in [6, 6.07) is 6.79. The average Bonchev–Trinajstić information content (AvgIpc) is 2.85. The number of nitrogens with zero attached hydrogens (tertiary/aromatic N) is 1. The molecule has 0 aromatic heterocycles. The minimum atomic E-state index is 0.279. The summed E-state index contributed by atoms with van der Waals surface area (Å²) < 4.78 is 5.65. The lowest BCUT2D eigenvalue weighted by Crippen LogP contribution is -2.36. The van der Waals surface area contributed by atoms with Gasteiger partial charge in [-0.2, -0.15) is 0 Å². The van der Waals surface area contributed by atoms with Crippen molar-refractivity contribution in [2.45, 2.75) is 45.9 Å². The van der Waals surface area contributed by atoms with E-state index in [1.54, 1.807) is 0 Å². The summed E-state index contributed by atoms with van der Waals surface area (Å²) in [5.74, 6) is 0.651. The average molecular weight is 311 g/mol. The maximum atomic E-state index is 6.43. The Bertz CT molecular complexity index is 464. The minimum Gasteiger partial charge on any atom is -0.376 e. The van der Waals surface area contributed by atoms with Crippen molar-refractivity contribution in [1.82, 2.24) is 5.32 Å². The van der Waals surface area contributed by atoms with Gasteiger partial charge in [-0.05, 0) is 43.5 Å². The van der Waals surface area contributed by atoms with Gasteiger partial charge in [-0.1, -0.05) is 31.5 Å². The first kappa shape index (κ1) is 16.6. The van der Waals surface area contributed by atoms with Crippen molar-refractivity contribution in [3.05, 3.63) is 28.8 Å². The van der Waals surface area contributed by atoms with Crippen LogP contribution in [0.2, 0.25) is 5.02 Å². The van der Waals surface area contributed by atoms with Crippen molar-refractivity contribution in [2.24, 2.45) is 5.92 Å². The molecule has 0 saturated carbocycles. The van der Waals surface area contributed by atoms with Crippen molar-refractivity contribution in [3.8, 4) is 0 Å². The molecule has 21 heavy (non-hydrogen) atoms. The van der Waals surface area contributed by atoms with Crippen molar-refractivity contribution in [2.75, 3.05) is 25.1 Å². The number of rotatable bonds is 6. The van der Waals surface area contributed by atoms with E-state index in [4.69, 9.17) is 16.3 Å². The third-order valence-electron chi connectivity index (χ3n) is 4.15. The van der Waals surface area contributed by atoms with Crippen molar-refractivity contribution in [3.63, 3.8) is 0 Å². The Morgan fingerprint density at radius 2 is 2.19 bits per heavy atom. The molecule has 1 saturated heterocycles. The molecule has 0 amide bonds. The second kappa shape index (κ2) is 7.48. The molecule has 1 aliphatic heterocycles. The van der Waals surface area contributed by atoms with Crippen LogP contribution in [0.3, 0.4) is 0 Å². The zero-order chi connectivity index (χ0) is 15.4. The number of hydrogen-bond donors (Lipinski definition) is 1. The zero-order valence-electron chi connectivity index (χ0n) is 13.5. The van der Waals surface area contributed by atoms with Crippen molar-refractivity contribution in [1.29, 1.82) is 0 Å². The van der Waals surface area contributed by atoms with E-state index in [2.05, 4.69) is 56.2 Å². The summed E-state index contributed by atoms with van der Waals surface area (Å²) in [4.78, 5) is 2.29. The third kappa shape index (κ3) is 4.35. The highest BCUT2D eigenvalue weighted by Crippen LogP contribution is 2.28. The van der Waals surface area contributed by atoms with Gasteiger partial charge in [0.1, 0.15) is 0 Å². The maximum Gasteiger partial charge on any atom is 0.0750 e. The SMILES string of the molecule is CC(C)CNCc1ccc(N(C)C2CCOC2C)cc1Cl. The normalized spacial score (nSPS) is 22.0. The summed E-state index contributed by atoms with van der Waals surface area (Å²) in [6.07, 6.45) is 1.36. The van der Waals surface area contributed by atoms with Crippen LogP contribution in [-0.2, 0) is 11.3 Å². The second-order valence-electron chi connectivity index (χ2n) is 6.34. The summed E-state index contributed by atoms with van der Waals surface area (Å²) in [7, 11) is 2.12. The topological polar surface area (TPSA) is 24.5 Å². The lowest BCUT2D eigenvalue weighted by Gasteiger charge is -2.29. The van der Waals surface area contributed by atoms with E-state index in [1.807, 2.05) is 0 Å². The van der Waals surface area contributed by atoms with E-state index in [-0.39, 0.29) is 6.10 Å². The number of benzene rings is 1. The summed E-state index contributed by atoms with van der Waals surface area (Å²) in [6.45, 7) is 9.23. The van der Waals surface area contributed by atoms with E-state index in [0.29, 0.717) is 12.0 Å². The molecule has 2 rings (SSSR count). The van der Waals surface area contributed by atoms with Gasteiger partial charge in [-0.3, -0.25) is 0 Å². The fourth-order valence-electron chi connectivity index (χ4n) is 2.81. The predicted molar refractivity (Wildman–Crippen MR) is 90.2 cm³/mol. The van der Waals surface area contributed by atoms with Gasteiger partial charge in [0.15, 0.2) is 0 Å². The minimum absolute atomic E-state index is 0.279. The summed E-state index contributed by atoms with van der Waals surface area (Å²) >= 11 is 6.43. The molecule has 1 fully saturated rings. The first-order valence-corrected chi connectivity index (χ1v) is 8.20. The monoisotopic (exact) mass is 310 g/mol. The zero-order valence-corrected chi connectivity index (χ0v) is 14.3. The van der Waals surface area contributed by atoms with E-state index >= 15 is 0 Å². The van der Waals surface area contributed by atoms with Gasteiger partial charge < -0.3 is 15.0 Å². The molecule has 2 unspecified atom stereocenters. The molecular formula is C17H27ClN2O. The van der Waals surface area contributed by atoms with Gasteiger partial charge in [0, 0.05) is 30.9 Å². The highest BCUT2D eigenvalue weighted by atomic mass is 35.5. The Kier molecular flexibility index (Phi) is 5.91. The number of hydrogen-bond acceptors (Lipinski definition) is 3. The standard InChI is InChI=1S/C17H27ClN2O/c1-12(2)10-19-11-14-5-6-15(9-16(14)18)20(4)17-7-8-21-13(17)3/h5-6,9,12-13,17,19H,7-8,10-11H2,1-4H3. The van der Waals surface area contributed by atoms with Gasteiger partial charge in [0.05, 0.1) is 12.1 Å². The molecule has 0 aliphatic carbocycles. The molecule has 1 aromatic carbocycles. The smallest absolute Gasteiger partial charge is 0.0750 e. The Balaban J connectivity index is 2.01. The van der Waals surface area contributed by atoms with E-state index in [1.165, 1.54) is 0 Å². The van der Waals surface area contributed by atoms with Crippen molar-refractivity contribution < 1.29 is 4.74 Å². The highest BCUT2D eigenvalue weighted by molar-refractivity contribution is 6.31. The van der Waals surface area contributed by atoms with Gasteiger partial charge >= 0.3 is 0 Å². The van der Waals surface area contributed by atoms with Crippen LogP contribution in [0.4, 0.5) is 5.69 Å². The van der Waals surface area contributed by atoms with Gasteiger partial charge in [-0.15, -0.1) is 0 Å². The molecule has 0 spiro atoms. The largest absolute Gasteiger partial charge is 0.376 e. The Morgan fingerprint density at radius 3 is 2.76 bits per heavy atom. The van der Waals surface area contributed by atoms with Gasteiger partial charge in [0.2, 0.25) is 0 Å². The molecule has 3 nitrogen and oxygen atoms in total. The quantitative estimate of drug-likeness (QED) is 0.867. The molecule has 1 heterocycles. The number of halogens is 1. The predicted octanol–water partition coefficient (Wildman–Crippen LogP) is 3.70. The fourth-order valence-corrected chi connectivity index (χ4v) is 3.06. The van der Waals surface area contributed by atoms with Crippen LogP contribution < -0.4 is 10.2 Å². The van der Waals surface area contributed by atoms with Crippen LogP contribution in [-0.4, -0.2) is 32.3 Å². The highest BCUT2D eigenvalue weighted by Gasteiger charge is 2.28. The van der Waals surface area contributed by atoms with Crippen molar-refractivity contribution >= 4 is 17.3 Å². The lowest BCUT2D eigenvalue weighted by molar-refractivity contribution is 0.118. The Morgan fingerprint density at radius 1 is 1.43 bits per heavy atom. The van der Waals surface area contributed by atoms with Gasteiger partial charge in [0.25, 0.3) is 0 Å². The summed E-state index contributed by atoms with van der Waals surface area (Å²) in [5, 5.41) is 4.27. The molecule has 118 valence electrons. The molecule has 0 radical (unpaired) electrons. The number of nitrogens with one attached hydrogen (secondary N) is 1. The molecule has 2 atom stereocenters.